The van der Waals surface area contributed by atoms with Crippen LogP contribution in [0.1, 0.15) is 26.2 Å². The lowest BCUT2D eigenvalue weighted by Crippen LogP contribution is -2.49. The molecule has 1 saturated heterocycles. The van der Waals surface area contributed by atoms with Crippen LogP contribution in [0.25, 0.3) is 0 Å². The molecule has 0 bridgehead atoms. The first-order valence-electron chi connectivity index (χ1n) is 6.70. The molecule has 1 aromatic rings. The van der Waals surface area contributed by atoms with Crippen LogP contribution in [0, 0.1) is 0 Å². The van der Waals surface area contributed by atoms with Crippen LogP contribution in [0.4, 0.5) is 5.95 Å². The first kappa shape index (κ1) is 14.2. The minimum Gasteiger partial charge on any atom is -0.480 e. The average Bonchev–Trinajstić information content (AvgIpc) is 2.94. The summed E-state index contributed by atoms with van der Waals surface area (Å²) in [5, 5.41) is 11.6. The fourth-order valence-electron chi connectivity index (χ4n) is 2.32. The zero-order valence-corrected chi connectivity index (χ0v) is 11.3. The lowest BCUT2D eigenvalue weighted by atomic mass is 10.1. The zero-order valence-electron chi connectivity index (χ0n) is 11.3. The topological polar surface area (TPSA) is 95.4 Å². The molecule has 2 rings (SSSR count). The lowest BCUT2D eigenvalue weighted by Gasteiger charge is -2.24. The smallest absolute Gasteiger partial charge is 0.326 e. The Labute approximate surface area is 117 Å². The number of nitrogens with one attached hydrogen (secondary N) is 1. The number of carboxylic acids is 1. The van der Waals surface area contributed by atoms with E-state index in [0.717, 1.165) is 6.42 Å². The molecule has 1 aliphatic heterocycles. The highest BCUT2D eigenvalue weighted by Crippen LogP contribution is 2.22. The summed E-state index contributed by atoms with van der Waals surface area (Å²) in [7, 11) is 0. The summed E-state index contributed by atoms with van der Waals surface area (Å²) >= 11 is 0. The summed E-state index contributed by atoms with van der Waals surface area (Å²) in [5.41, 5.74) is 0. The van der Waals surface area contributed by atoms with Gasteiger partial charge in [0.05, 0.1) is 0 Å². The second kappa shape index (κ2) is 6.31. The number of rotatable bonds is 5. The molecule has 2 N–H and O–H groups in total. The van der Waals surface area contributed by atoms with Gasteiger partial charge in [0.2, 0.25) is 11.9 Å². The minimum atomic E-state index is -1.01. The number of aromatic nitrogens is 2. The molecule has 108 valence electrons. The molecule has 20 heavy (non-hydrogen) atoms. The summed E-state index contributed by atoms with van der Waals surface area (Å²) < 4.78 is 0. The van der Waals surface area contributed by atoms with Crippen molar-refractivity contribution in [3.05, 3.63) is 18.5 Å². The van der Waals surface area contributed by atoms with Gasteiger partial charge in [0.1, 0.15) is 12.1 Å². The molecule has 2 atom stereocenters. The molecule has 0 saturated carbocycles. The minimum absolute atomic E-state index is 0.274. The third kappa shape index (κ3) is 3.04. The maximum atomic E-state index is 12.2. The molecule has 7 heteroatoms. The van der Waals surface area contributed by atoms with Gasteiger partial charge in [-0.1, -0.05) is 6.92 Å². The lowest BCUT2D eigenvalue weighted by molar-refractivity contribution is -0.142. The Morgan fingerprint density at radius 3 is 2.80 bits per heavy atom. The van der Waals surface area contributed by atoms with E-state index >= 15 is 0 Å². The monoisotopic (exact) mass is 278 g/mol. The highest BCUT2D eigenvalue weighted by Gasteiger charge is 2.33. The van der Waals surface area contributed by atoms with Gasteiger partial charge in [-0.3, -0.25) is 4.79 Å². The van der Waals surface area contributed by atoms with Crippen LogP contribution in [0.15, 0.2) is 18.5 Å². The van der Waals surface area contributed by atoms with E-state index in [1.165, 1.54) is 0 Å². The molecule has 0 aromatic carbocycles. The molecule has 0 radical (unpaired) electrons. The number of carbonyl (C=O) groups is 2. The quantitative estimate of drug-likeness (QED) is 0.810. The van der Waals surface area contributed by atoms with E-state index in [4.69, 9.17) is 5.11 Å². The summed E-state index contributed by atoms with van der Waals surface area (Å²) in [6.45, 7) is 2.43. The van der Waals surface area contributed by atoms with Crippen molar-refractivity contribution in [1.82, 2.24) is 15.3 Å². The second-order valence-electron chi connectivity index (χ2n) is 4.71. The normalized spacial score (nSPS) is 19.6. The third-order valence-electron chi connectivity index (χ3n) is 3.39. The van der Waals surface area contributed by atoms with E-state index in [-0.39, 0.29) is 5.91 Å². The molecule has 0 aliphatic carbocycles. The van der Waals surface area contributed by atoms with Gasteiger partial charge in [-0.25, -0.2) is 14.8 Å². The summed E-state index contributed by atoms with van der Waals surface area (Å²) in [5.74, 6) is -0.779. The van der Waals surface area contributed by atoms with Gasteiger partial charge >= 0.3 is 5.97 Å². The van der Waals surface area contributed by atoms with Crippen molar-refractivity contribution >= 4 is 17.8 Å². The average molecular weight is 278 g/mol. The van der Waals surface area contributed by atoms with E-state index in [2.05, 4.69) is 15.3 Å². The van der Waals surface area contributed by atoms with Crippen LogP contribution in [-0.4, -0.2) is 45.6 Å². The van der Waals surface area contributed by atoms with Crippen molar-refractivity contribution in [2.75, 3.05) is 11.4 Å². The van der Waals surface area contributed by atoms with Gasteiger partial charge in [0.15, 0.2) is 0 Å². The Morgan fingerprint density at radius 1 is 1.50 bits per heavy atom. The van der Waals surface area contributed by atoms with Crippen LogP contribution in [0.5, 0.6) is 0 Å². The Morgan fingerprint density at radius 2 is 2.20 bits per heavy atom. The Hall–Kier alpha value is -2.18. The molecule has 1 amide bonds. The number of carbonyl (C=O) groups excluding carboxylic acids is 1. The van der Waals surface area contributed by atoms with E-state index in [1.54, 1.807) is 25.4 Å². The van der Waals surface area contributed by atoms with Gasteiger partial charge in [-0.15, -0.1) is 0 Å². The van der Waals surface area contributed by atoms with Crippen molar-refractivity contribution in [2.45, 2.75) is 38.3 Å². The SMILES string of the molecule is CCC(NC(=O)C1CCCN1c1ncccn1)C(=O)O. The van der Waals surface area contributed by atoms with Crippen molar-refractivity contribution in [2.24, 2.45) is 0 Å². The molecule has 2 unspecified atom stereocenters. The van der Waals surface area contributed by atoms with Crippen molar-refractivity contribution in [1.29, 1.82) is 0 Å². The number of anilines is 1. The van der Waals surface area contributed by atoms with Gasteiger partial charge in [-0.05, 0) is 25.3 Å². The predicted octanol–water partition coefficient (Wildman–Crippen LogP) is 0.425. The van der Waals surface area contributed by atoms with Crippen LogP contribution in [0.2, 0.25) is 0 Å². The Kier molecular flexibility index (Phi) is 4.49. The molecule has 1 aliphatic rings. The summed E-state index contributed by atoms with van der Waals surface area (Å²) in [6, 6.07) is 0.471. The molecule has 7 nitrogen and oxygen atoms in total. The molecule has 0 spiro atoms. The largest absolute Gasteiger partial charge is 0.480 e. The van der Waals surface area contributed by atoms with Gasteiger partial charge in [0, 0.05) is 18.9 Å². The van der Waals surface area contributed by atoms with Crippen molar-refractivity contribution < 1.29 is 14.7 Å². The van der Waals surface area contributed by atoms with Gasteiger partial charge in [-0.2, -0.15) is 0 Å². The molecule has 1 aromatic heterocycles. The fraction of sp³-hybridized carbons (Fsp3) is 0.538. The van der Waals surface area contributed by atoms with Gasteiger partial charge < -0.3 is 15.3 Å². The first-order valence-corrected chi connectivity index (χ1v) is 6.70. The van der Waals surface area contributed by atoms with Crippen LogP contribution < -0.4 is 10.2 Å². The number of nitrogens with zero attached hydrogens (tertiary/aromatic N) is 3. The summed E-state index contributed by atoms with van der Waals surface area (Å²) in [6.07, 6.45) is 5.15. The van der Waals surface area contributed by atoms with Crippen molar-refractivity contribution in [3.63, 3.8) is 0 Å². The number of carboxylic acid groups (broad SMARTS) is 1. The predicted molar refractivity (Wildman–Crippen MR) is 72.3 cm³/mol. The van der Waals surface area contributed by atoms with Gasteiger partial charge in [0.25, 0.3) is 0 Å². The van der Waals surface area contributed by atoms with E-state index in [1.807, 2.05) is 4.90 Å². The standard InChI is InChI=1S/C13H18N4O3/c1-2-9(12(19)20)16-11(18)10-5-3-8-17(10)13-14-6-4-7-15-13/h4,6-7,9-10H,2-3,5,8H2,1H3,(H,16,18)(H,19,20). The van der Waals surface area contributed by atoms with Crippen LogP contribution >= 0.6 is 0 Å². The zero-order chi connectivity index (χ0) is 14.5. The van der Waals surface area contributed by atoms with Crippen molar-refractivity contribution in [3.8, 4) is 0 Å². The van der Waals surface area contributed by atoms with Crippen LogP contribution in [0.3, 0.4) is 0 Å². The fourth-order valence-corrected chi connectivity index (χ4v) is 2.32. The number of hydrogen-bond donors (Lipinski definition) is 2. The molecular formula is C13H18N4O3. The second-order valence-corrected chi connectivity index (χ2v) is 4.71. The van der Waals surface area contributed by atoms with E-state index < -0.39 is 18.1 Å². The highest BCUT2D eigenvalue weighted by atomic mass is 16.4. The highest BCUT2D eigenvalue weighted by molar-refractivity contribution is 5.89. The Balaban J connectivity index is 2.07. The number of amides is 1. The first-order chi connectivity index (χ1) is 9.63. The number of aliphatic carboxylic acids is 1. The maximum absolute atomic E-state index is 12.2. The van der Waals surface area contributed by atoms with E-state index in [9.17, 15) is 9.59 Å². The third-order valence-corrected chi connectivity index (χ3v) is 3.39. The summed E-state index contributed by atoms with van der Waals surface area (Å²) in [4.78, 5) is 33.3. The number of hydrogen-bond acceptors (Lipinski definition) is 5. The molecule has 1 fully saturated rings. The van der Waals surface area contributed by atoms with Crippen LogP contribution in [-0.2, 0) is 9.59 Å². The Bertz CT molecular complexity index is 480. The maximum Gasteiger partial charge on any atom is 0.326 e. The molecular weight excluding hydrogens is 260 g/mol. The van der Waals surface area contributed by atoms with E-state index in [0.29, 0.717) is 25.3 Å². The molecule has 2 heterocycles.